The molecule has 1 N–H and O–H groups in total. The Bertz CT molecular complexity index is 2780. The van der Waals surface area contributed by atoms with Crippen molar-refractivity contribution >= 4 is 53.7 Å². The van der Waals surface area contributed by atoms with Gasteiger partial charge in [0.25, 0.3) is 0 Å². The van der Waals surface area contributed by atoms with Gasteiger partial charge in [0, 0.05) is 44.3 Å². The fourth-order valence-corrected chi connectivity index (χ4v) is 7.02. The molecule has 0 aliphatic carbocycles. The van der Waals surface area contributed by atoms with Crippen molar-refractivity contribution in [3.8, 4) is 33.7 Å². The first-order chi connectivity index (χ1) is 25.2. The lowest BCUT2D eigenvalue weighted by Gasteiger charge is -2.11. The van der Waals surface area contributed by atoms with Crippen molar-refractivity contribution in [1.29, 1.82) is 0 Å². The van der Waals surface area contributed by atoms with Gasteiger partial charge in [0.2, 0.25) is 0 Å². The topological polar surface area (TPSA) is 64.1 Å². The number of rotatable bonds is 5. The average molecular weight is 711 g/mol. The lowest BCUT2D eigenvalue weighted by molar-refractivity contribution is -0.0500. The van der Waals surface area contributed by atoms with Gasteiger partial charge in [0.15, 0.2) is 0 Å². The van der Waals surface area contributed by atoms with Crippen molar-refractivity contribution in [3.05, 3.63) is 170 Å². The summed E-state index contributed by atoms with van der Waals surface area (Å²) in [5.74, 6) is -0.421. The van der Waals surface area contributed by atoms with Crippen LogP contribution >= 0.6 is 0 Å². The van der Waals surface area contributed by atoms with Gasteiger partial charge in [-0.2, -0.15) is 21.6 Å². The number of nitrogens with zero attached hydrogens (tertiary/aromatic N) is 1. The Morgan fingerprint density at radius 1 is 0.481 bits per heavy atom. The first kappa shape index (κ1) is 32.9. The third-order valence-electron chi connectivity index (χ3n) is 8.96. The van der Waals surface area contributed by atoms with E-state index in [0.717, 1.165) is 44.2 Å². The monoisotopic (exact) mass is 710 g/mol. The maximum Gasteiger partial charge on any atom is 0.534 e. The molecule has 256 valence electrons. The van der Waals surface area contributed by atoms with Crippen LogP contribution in [-0.2, 0) is 10.1 Å². The molecule has 2 heterocycles. The minimum atomic E-state index is -5.81. The van der Waals surface area contributed by atoms with Gasteiger partial charge in [0.1, 0.15) is 5.75 Å². The Hall–Kier alpha value is -6.32. The number of nitrogens with one attached hydrogen (secondary N) is 1. The number of para-hydroxylation sites is 3. The molecule has 0 aliphatic rings. The van der Waals surface area contributed by atoms with Crippen molar-refractivity contribution in [2.24, 2.45) is 0 Å². The van der Waals surface area contributed by atoms with Gasteiger partial charge in [-0.05, 0) is 70.8 Å². The van der Waals surface area contributed by atoms with Crippen LogP contribution in [0.25, 0.3) is 71.6 Å². The van der Waals surface area contributed by atoms with Crippen LogP contribution in [0.3, 0.4) is 0 Å². The molecule has 0 saturated carbocycles. The lowest BCUT2D eigenvalue weighted by Crippen LogP contribution is -2.28. The van der Waals surface area contributed by atoms with Crippen LogP contribution < -0.4 is 4.18 Å². The molecular weight excluding hydrogens is 682 g/mol. The van der Waals surface area contributed by atoms with Gasteiger partial charge >= 0.3 is 15.6 Å². The van der Waals surface area contributed by atoms with Gasteiger partial charge in [-0.1, -0.05) is 115 Å². The van der Waals surface area contributed by atoms with Crippen molar-refractivity contribution in [2.75, 3.05) is 0 Å². The maximum atomic E-state index is 13.0. The Labute approximate surface area is 297 Å². The van der Waals surface area contributed by atoms with Crippen LogP contribution in [0.2, 0.25) is 0 Å². The van der Waals surface area contributed by atoms with Crippen LogP contribution in [0.1, 0.15) is 0 Å². The zero-order chi connectivity index (χ0) is 35.9. The number of aromatic nitrogens is 2. The van der Waals surface area contributed by atoms with Gasteiger partial charge in [-0.3, -0.25) is 0 Å². The van der Waals surface area contributed by atoms with Gasteiger partial charge in [-0.25, -0.2) is 0 Å². The Morgan fingerprint density at radius 3 is 1.62 bits per heavy atom. The highest BCUT2D eigenvalue weighted by Gasteiger charge is 2.48. The Balaban J connectivity index is 0.000000247. The second-order valence-corrected chi connectivity index (χ2v) is 13.8. The van der Waals surface area contributed by atoms with E-state index in [1.807, 2.05) is 95.6 Å². The molecule has 2 aromatic heterocycles. The standard InChI is InChI=1S/C31H20F3NO3S.C12H9N/c32-31(33,34)39(36,37)38-26-15-17-28-27-16-14-24(23-11-7-10-22(18-23)21-8-3-1-4-9-21)19-29(27)35(30(28)20-26)25-12-5-2-6-13-25;1-3-7-11-9(5-1)10-6-2-4-8-12(10)13-11/h1-20H;1-8,13H. The first-order valence-electron chi connectivity index (χ1n) is 16.4. The summed E-state index contributed by atoms with van der Waals surface area (Å²) in [6, 6.07) is 54.4. The summed E-state index contributed by atoms with van der Waals surface area (Å²) >= 11 is 0. The molecule has 52 heavy (non-hydrogen) atoms. The third kappa shape index (κ3) is 6.16. The smallest absolute Gasteiger partial charge is 0.376 e. The molecule has 0 bridgehead atoms. The molecular formula is C43H29F3N2O3S. The molecule has 0 amide bonds. The summed E-state index contributed by atoms with van der Waals surface area (Å²) in [4.78, 5) is 3.38. The molecule has 0 spiro atoms. The fourth-order valence-electron chi connectivity index (χ4n) is 6.57. The quantitative estimate of drug-likeness (QED) is 0.143. The van der Waals surface area contributed by atoms with E-state index in [4.69, 9.17) is 0 Å². The lowest BCUT2D eigenvalue weighted by atomic mass is 9.98. The summed E-state index contributed by atoms with van der Waals surface area (Å²) in [5.41, 5.74) is 3.12. The van der Waals surface area contributed by atoms with Crippen LogP contribution in [0.5, 0.6) is 5.75 Å². The highest BCUT2D eigenvalue weighted by atomic mass is 32.2. The van der Waals surface area contributed by atoms with Crippen LogP contribution in [0.15, 0.2) is 170 Å². The van der Waals surface area contributed by atoms with E-state index in [1.54, 1.807) is 6.07 Å². The van der Waals surface area contributed by atoms with Crippen LogP contribution in [0.4, 0.5) is 13.2 Å². The maximum absolute atomic E-state index is 13.0. The molecule has 9 aromatic rings. The Kier molecular flexibility index (Phi) is 8.28. The van der Waals surface area contributed by atoms with Crippen molar-refractivity contribution < 1.29 is 25.8 Å². The van der Waals surface area contributed by atoms with E-state index in [1.165, 1.54) is 33.9 Å². The summed E-state index contributed by atoms with van der Waals surface area (Å²) in [7, 11) is -5.81. The van der Waals surface area contributed by atoms with Gasteiger partial charge in [-0.15, -0.1) is 0 Å². The molecule has 9 rings (SSSR count). The minimum Gasteiger partial charge on any atom is -0.376 e. The molecule has 0 radical (unpaired) electrons. The van der Waals surface area contributed by atoms with Crippen molar-refractivity contribution in [2.45, 2.75) is 5.51 Å². The third-order valence-corrected chi connectivity index (χ3v) is 9.94. The Morgan fingerprint density at radius 2 is 0.981 bits per heavy atom. The second kappa shape index (κ2) is 13.1. The van der Waals surface area contributed by atoms with Crippen molar-refractivity contribution in [3.63, 3.8) is 0 Å². The minimum absolute atomic E-state index is 0.421. The number of benzene rings is 7. The first-order valence-corrected chi connectivity index (χ1v) is 17.8. The molecule has 0 aliphatic heterocycles. The van der Waals surface area contributed by atoms with Crippen LogP contribution in [-0.4, -0.2) is 23.5 Å². The highest BCUT2D eigenvalue weighted by molar-refractivity contribution is 7.88. The number of hydrogen-bond donors (Lipinski definition) is 1. The zero-order valence-electron chi connectivity index (χ0n) is 27.4. The number of alkyl halides is 3. The number of fused-ring (bicyclic) bond motifs is 6. The largest absolute Gasteiger partial charge is 0.534 e. The predicted molar refractivity (Wildman–Crippen MR) is 203 cm³/mol. The number of H-pyrrole nitrogens is 1. The average Bonchev–Trinajstić information content (AvgIpc) is 3.70. The van der Waals surface area contributed by atoms with E-state index in [2.05, 4.69) is 69.8 Å². The summed E-state index contributed by atoms with van der Waals surface area (Å²) in [6.45, 7) is 0. The van der Waals surface area contributed by atoms with Crippen LogP contribution in [0, 0.1) is 0 Å². The normalized spacial score (nSPS) is 11.9. The van der Waals surface area contributed by atoms with Gasteiger partial charge < -0.3 is 13.7 Å². The number of halogens is 3. The van der Waals surface area contributed by atoms with E-state index in [0.29, 0.717) is 5.52 Å². The predicted octanol–water partition coefficient (Wildman–Crippen LogP) is 11.7. The molecule has 0 saturated heterocycles. The van der Waals surface area contributed by atoms with Crippen molar-refractivity contribution in [1.82, 2.24) is 9.55 Å². The number of aromatic amines is 1. The SMILES string of the molecule is O=S(=O)(Oc1ccc2c3ccc(-c4cccc(-c5ccccc5)c4)cc3n(-c3ccccc3)c2c1)C(F)(F)F.c1ccc2c(c1)[nH]c1ccccc12. The zero-order valence-corrected chi connectivity index (χ0v) is 28.2. The fraction of sp³-hybridized carbons (Fsp3) is 0.0233. The molecule has 9 heteroatoms. The summed E-state index contributed by atoms with van der Waals surface area (Å²) in [6.07, 6.45) is 0. The molecule has 5 nitrogen and oxygen atoms in total. The van der Waals surface area contributed by atoms with Gasteiger partial charge in [0.05, 0.1) is 11.0 Å². The molecule has 7 aromatic carbocycles. The molecule has 0 fully saturated rings. The molecule has 0 unspecified atom stereocenters. The van der Waals surface area contributed by atoms with E-state index in [-0.39, 0.29) is 0 Å². The molecule has 0 atom stereocenters. The summed E-state index contributed by atoms with van der Waals surface area (Å²) in [5, 5.41) is 4.22. The highest BCUT2D eigenvalue weighted by Crippen LogP contribution is 2.38. The second-order valence-electron chi connectivity index (χ2n) is 12.2. The summed E-state index contributed by atoms with van der Waals surface area (Å²) < 4.78 is 68.6. The van der Waals surface area contributed by atoms with E-state index in [9.17, 15) is 21.6 Å². The van der Waals surface area contributed by atoms with E-state index < -0.39 is 21.4 Å². The number of hydrogen-bond acceptors (Lipinski definition) is 3. The van der Waals surface area contributed by atoms with E-state index >= 15 is 0 Å².